The fourth-order valence-corrected chi connectivity index (χ4v) is 2.97. The number of rotatable bonds is 2. The third-order valence-electron chi connectivity index (χ3n) is 3.04. The number of hydrogen-bond acceptors (Lipinski definition) is 1. The van der Waals surface area contributed by atoms with Crippen LogP contribution >= 0.6 is 0 Å². The summed E-state index contributed by atoms with van der Waals surface area (Å²) in [4.78, 5) is 0. The highest BCUT2D eigenvalue weighted by Gasteiger charge is 2.29. The molecule has 0 saturated heterocycles. The molecule has 108 valence electrons. The molecule has 0 spiro atoms. The summed E-state index contributed by atoms with van der Waals surface area (Å²) < 4.78 is 6.46. The minimum Gasteiger partial charge on any atom is -0.544 e. The van der Waals surface area contributed by atoms with Gasteiger partial charge in [0.15, 0.2) is 0 Å². The summed E-state index contributed by atoms with van der Waals surface area (Å²) in [6.07, 6.45) is 0. The fraction of sp³-hybridized carbons (Fsp3) is 0.647. The van der Waals surface area contributed by atoms with Crippen molar-refractivity contribution in [1.82, 2.24) is 0 Å². The smallest absolute Gasteiger partial charge is 0.242 e. The van der Waals surface area contributed by atoms with E-state index in [9.17, 15) is 0 Å². The van der Waals surface area contributed by atoms with Gasteiger partial charge in [0.25, 0.3) is 0 Å². The second-order valence-electron chi connectivity index (χ2n) is 8.40. The first kappa shape index (κ1) is 16.3. The van der Waals surface area contributed by atoms with Gasteiger partial charge in [-0.25, -0.2) is 0 Å². The lowest BCUT2D eigenvalue weighted by atomic mass is 9.80. The summed E-state index contributed by atoms with van der Waals surface area (Å²) in [7, 11) is -1.62. The Balaban J connectivity index is 3.51. The average Bonchev–Trinajstić information content (AvgIpc) is 2.11. The molecule has 2 heteroatoms. The van der Waals surface area contributed by atoms with Crippen LogP contribution in [0.3, 0.4) is 0 Å². The topological polar surface area (TPSA) is 9.23 Å². The molecule has 0 N–H and O–H groups in total. The maximum atomic E-state index is 6.46. The van der Waals surface area contributed by atoms with E-state index in [0.717, 1.165) is 5.75 Å². The monoisotopic (exact) mass is 278 g/mol. The molecular weight excluding hydrogens is 248 g/mol. The van der Waals surface area contributed by atoms with Crippen molar-refractivity contribution in [2.75, 3.05) is 0 Å². The van der Waals surface area contributed by atoms with Crippen molar-refractivity contribution in [2.45, 2.75) is 72.0 Å². The number of hydrogen-bond donors (Lipinski definition) is 0. The van der Waals surface area contributed by atoms with Gasteiger partial charge in [-0.15, -0.1) is 0 Å². The highest BCUT2D eigenvalue weighted by Crippen LogP contribution is 2.40. The molecule has 19 heavy (non-hydrogen) atoms. The van der Waals surface area contributed by atoms with Gasteiger partial charge >= 0.3 is 0 Å². The van der Waals surface area contributed by atoms with Crippen molar-refractivity contribution in [1.29, 1.82) is 0 Å². The van der Waals surface area contributed by atoms with Crippen LogP contribution in [0.25, 0.3) is 0 Å². The molecule has 1 aromatic carbocycles. The molecule has 0 radical (unpaired) electrons. The maximum Gasteiger partial charge on any atom is 0.242 e. The Labute approximate surface area is 120 Å². The summed E-state index contributed by atoms with van der Waals surface area (Å²) in [5, 5.41) is 0. The Morgan fingerprint density at radius 3 is 1.42 bits per heavy atom. The van der Waals surface area contributed by atoms with Crippen molar-refractivity contribution < 1.29 is 4.43 Å². The molecule has 0 aromatic heterocycles. The molecule has 0 unspecified atom stereocenters. The zero-order chi connectivity index (χ0) is 15.1. The van der Waals surface area contributed by atoms with Gasteiger partial charge in [0.2, 0.25) is 8.32 Å². The van der Waals surface area contributed by atoms with E-state index in [1.165, 1.54) is 11.1 Å². The van der Waals surface area contributed by atoms with Gasteiger partial charge in [-0.2, -0.15) is 0 Å². The zero-order valence-corrected chi connectivity index (χ0v) is 15.1. The van der Waals surface area contributed by atoms with Gasteiger partial charge < -0.3 is 4.43 Å². The third kappa shape index (κ3) is 4.38. The summed E-state index contributed by atoms with van der Waals surface area (Å²) in [6, 6.07) is 6.59. The molecule has 0 saturated carbocycles. The number of benzene rings is 1. The molecule has 0 aliphatic rings. The molecule has 0 aliphatic carbocycles. The molecule has 0 bridgehead atoms. The van der Waals surface area contributed by atoms with E-state index in [2.05, 4.69) is 79.4 Å². The maximum absolute atomic E-state index is 6.46. The van der Waals surface area contributed by atoms with Crippen molar-refractivity contribution in [3.63, 3.8) is 0 Å². The molecule has 1 rings (SSSR count). The first-order valence-electron chi connectivity index (χ1n) is 7.15. The fourth-order valence-electron chi connectivity index (χ4n) is 2.13. The van der Waals surface area contributed by atoms with Crippen LogP contribution in [-0.2, 0) is 10.8 Å². The van der Waals surface area contributed by atoms with E-state index >= 15 is 0 Å². The molecular formula is C17H30OSi. The van der Waals surface area contributed by atoms with Gasteiger partial charge in [0.1, 0.15) is 5.75 Å². The lowest BCUT2D eigenvalue weighted by Gasteiger charge is -2.33. The lowest BCUT2D eigenvalue weighted by Crippen LogP contribution is -2.32. The summed E-state index contributed by atoms with van der Waals surface area (Å²) in [6.45, 7) is 20.3. The highest BCUT2D eigenvalue weighted by atomic mass is 28.4. The van der Waals surface area contributed by atoms with E-state index in [0.29, 0.717) is 0 Å². The second kappa shape index (κ2) is 4.97. The Morgan fingerprint density at radius 1 is 0.789 bits per heavy atom. The summed E-state index contributed by atoms with van der Waals surface area (Å²) in [5.74, 6) is 1.13. The Hall–Kier alpha value is -0.763. The van der Waals surface area contributed by atoms with Crippen LogP contribution < -0.4 is 4.43 Å². The zero-order valence-electron chi connectivity index (χ0n) is 14.1. The molecule has 0 atom stereocenters. The lowest BCUT2D eigenvalue weighted by molar-refractivity contribution is 0.477. The third-order valence-corrected chi connectivity index (χ3v) is 3.86. The highest BCUT2D eigenvalue weighted by molar-refractivity contribution is 6.70. The van der Waals surface area contributed by atoms with Gasteiger partial charge in [-0.3, -0.25) is 0 Å². The van der Waals surface area contributed by atoms with Gasteiger partial charge in [0, 0.05) is 0 Å². The molecule has 1 aromatic rings. The minimum absolute atomic E-state index is 0.107. The molecule has 0 amide bonds. The van der Waals surface area contributed by atoms with Gasteiger partial charge in [-0.05, 0) is 41.6 Å². The quantitative estimate of drug-likeness (QED) is 0.649. The van der Waals surface area contributed by atoms with Crippen molar-refractivity contribution in [3.8, 4) is 5.75 Å². The van der Waals surface area contributed by atoms with Gasteiger partial charge in [0.05, 0.1) is 0 Å². The summed E-state index contributed by atoms with van der Waals surface area (Å²) >= 11 is 0. The van der Waals surface area contributed by atoms with E-state index in [-0.39, 0.29) is 10.8 Å². The van der Waals surface area contributed by atoms with Crippen LogP contribution in [0.5, 0.6) is 5.75 Å². The van der Waals surface area contributed by atoms with Crippen molar-refractivity contribution in [3.05, 3.63) is 29.3 Å². The van der Waals surface area contributed by atoms with Crippen LogP contribution in [0.15, 0.2) is 18.2 Å². The number of para-hydroxylation sites is 1. The minimum atomic E-state index is -1.62. The largest absolute Gasteiger partial charge is 0.544 e. The molecule has 0 fully saturated rings. The first-order valence-corrected chi connectivity index (χ1v) is 10.6. The SMILES string of the molecule is CC(C)(C)c1cccc(C(C)(C)C)c1O[Si](C)(C)C. The van der Waals surface area contributed by atoms with E-state index in [4.69, 9.17) is 4.43 Å². The predicted octanol–water partition coefficient (Wildman–Crippen LogP) is 5.50. The Kier molecular flexibility index (Phi) is 4.26. The second-order valence-corrected chi connectivity index (χ2v) is 12.8. The summed E-state index contributed by atoms with van der Waals surface area (Å²) in [5.41, 5.74) is 2.86. The van der Waals surface area contributed by atoms with Gasteiger partial charge in [-0.1, -0.05) is 59.7 Å². The van der Waals surface area contributed by atoms with Crippen LogP contribution in [-0.4, -0.2) is 8.32 Å². The van der Waals surface area contributed by atoms with Crippen LogP contribution in [0.2, 0.25) is 19.6 Å². The normalized spacial score (nSPS) is 13.5. The van der Waals surface area contributed by atoms with E-state index in [1.54, 1.807) is 0 Å². The Bertz CT molecular complexity index is 410. The first-order chi connectivity index (χ1) is 8.32. The molecule has 1 nitrogen and oxygen atoms in total. The van der Waals surface area contributed by atoms with E-state index < -0.39 is 8.32 Å². The van der Waals surface area contributed by atoms with E-state index in [1.807, 2.05) is 0 Å². The predicted molar refractivity (Wildman–Crippen MR) is 87.8 cm³/mol. The average molecular weight is 279 g/mol. The standard InChI is InChI=1S/C17H30OSi/c1-16(2,3)13-11-10-12-14(17(4,5)6)15(13)18-19(7,8)9/h10-12H,1-9H3. The van der Waals surface area contributed by atoms with Crippen LogP contribution in [0.4, 0.5) is 0 Å². The molecule has 0 heterocycles. The Morgan fingerprint density at radius 2 is 1.16 bits per heavy atom. The van der Waals surface area contributed by atoms with Crippen LogP contribution in [0, 0.1) is 0 Å². The van der Waals surface area contributed by atoms with Crippen molar-refractivity contribution >= 4 is 8.32 Å². The van der Waals surface area contributed by atoms with Crippen LogP contribution in [0.1, 0.15) is 52.7 Å². The molecule has 0 aliphatic heterocycles. The van der Waals surface area contributed by atoms with Crippen molar-refractivity contribution in [2.24, 2.45) is 0 Å².